The number of hydrogen-bond donors (Lipinski definition) is 2. The lowest BCUT2D eigenvalue weighted by molar-refractivity contribution is -0.102. The maximum Gasteiger partial charge on any atom is 0.0509 e. The lowest BCUT2D eigenvalue weighted by Crippen LogP contribution is -2.28. The predicted molar refractivity (Wildman–Crippen MR) is 20.8 cm³/mol. The third kappa shape index (κ3) is 0.680. The van der Waals surface area contributed by atoms with Crippen LogP contribution in [-0.4, -0.2) is 16.4 Å². The van der Waals surface area contributed by atoms with Crippen LogP contribution in [0.5, 0.6) is 0 Å². The van der Waals surface area contributed by atoms with Crippen molar-refractivity contribution in [1.29, 1.82) is 0 Å². The van der Waals surface area contributed by atoms with Crippen LogP contribution in [0.25, 0.3) is 0 Å². The molecule has 1 saturated carbocycles. The second-order valence-corrected chi connectivity index (χ2v) is 1.61. The minimum atomic E-state index is 0.269. The van der Waals surface area contributed by atoms with E-state index in [0.717, 1.165) is 18.0 Å². The van der Waals surface area contributed by atoms with Gasteiger partial charge in [0.15, 0.2) is 0 Å². The third-order valence-corrected chi connectivity index (χ3v) is 0.921. The zero-order valence-corrected chi connectivity index (χ0v) is 3.46. The number of hydrogen-bond acceptors (Lipinski definition) is 3. The number of rotatable bonds is 1. The van der Waals surface area contributed by atoms with E-state index >= 15 is 0 Å². The zero-order chi connectivity index (χ0) is 4.57. The van der Waals surface area contributed by atoms with E-state index in [9.17, 15) is 0 Å². The van der Waals surface area contributed by atoms with E-state index < -0.39 is 0 Å². The molecule has 0 heterocycles. The summed E-state index contributed by atoms with van der Waals surface area (Å²) in [7, 11) is 0. The van der Waals surface area contributed by atoms with Gasteiger partial charge in [-0.15, -0.1) is 5.17 Å². The van der Waals surface area contributed by atoms with Crippen LogP contribution in [0, 0.1) is 0 Å². The van der Waals surface area contributed by atoms with Gasteiger partial charge in [-0.2, -0.15) is 0 Å². The van der Waals surface area contributed by atoms with Crippen molar-refractivity contribution in [2.75, 3.05) is 0 Å². The molecule has 0 aliphatic heterocycles. The van der Waals surface area contributed by atoms with Crippen molar-refractivity contribution in [2.24, 2.45) is 5.84 Å². The first-order valence-electron chi connectivity index (χ1n) is 2.03. The van der Waals surface area contributed by atoms with E-state index in [1.165, 1.54) is 0 Å². The fourth-order valence-electron chi connectivity index (χ4n) is 0.339. The maximum absolute atomic E-state index is 8.30. The minimum absolute atomic E-state index is 0.269. The Morgan fingerprint density at radius 1 is 1.67 bits per heavy atom. The normalized spacial score (nSPS) is 22.5. The van der Waals surface area contributed by atoms with Crippen LogP contribution in [0.15, 0.2) is 0 Å². The van der Waals surface area contributed by atoms with Crippen molar-refractivity contribution >= 4 is 0 Å². The van der Waals surface area contributed by atoms with Gasteiger partial charge in [-0.05, 0) is 12.8 Å². The maximum atomic E-state index is 8.30. The first kappa shape index (κ1) is 4.05. The van der Waals surface area contributed by atoms with Crippen LogP contribution in [-0.2, 0) is 0 Å². The van der Waals surface area contributed by atoms with Gasteiger partial charge < -0.3 is 0 Å². The van der Waals surface area contributed by atoms with E-state index in [4.69, 9.17) is 11.0 Å². The molecule has 0 amide bonds. The largest absolute Gasteiger partial charge is 0.299 e. The van der Waals surface area contributed by atoms with Crippen LogP contribution < -0.4 is 5.84 Å². The highest BCUT2D eigenvalue weighted by Crippen LogP contribution is 2.21. The Balaban J connectivity index is 2.13. The van der Waals surface area contributed by atoms with Crippen molar-refractivity contribution in [3.63, 3.8) is 0 Å². The van der Waals surface area contributed by atoms with Gasteiger partial charge in [0.1, 0.15) is 0 Å². The molecule has 1 rings (SSSR count). The SMILES string of the molecule is NN(O)C1CC1. The van der Waals surface area contributed by atoms with Gasteiger partial charge in [0, 0.05) is 0 Å². The molecule has 0 radical (unpaired) electrons. The first-order chi connectivity index (χ1) is 2.80. The van der Waals surface area contributed by atoms with Gasteiger partial charge >= 0.3 is 0 Å². The Kier molecular flexibility index (Phi) is 0.799. The Bertz CT molecular complexity index is 50.8. The highest BCUT2D eigenvalue weighted by Gasteiger charge is 2.25. The summed E-state index contributed by atoms with van der Waals surface area (Å²) in [5.41, 5.74) is 0. The molecule has 3 N–H and O–H groups in total. The third-order valence-electron chi connectivity index (χ3n) is 0.921. The fourth-order valence-corrected chi connectivity index (χ4v) is 0.339. The lowest BCUT2D eigenvalue weighted by Gasteiger charge is -2.00. The molecule has 1 aliphatic carbocycles. The molecular weight excluding hydrogens is 80.0 g/mol. The molecule has 6 heavy (non-hydrogen) atoms. The molecular formula is C3H8N2O. The van der Waals surface area contributed by atoms with E-state index in [1.807, 2.05) is 0 Å². The summed E-state index contributed by atoms with van der Waals surface area (Å²) in [6.07, 6.45) is 2.10. The van der Waals surface area contributed by atoms with Crippen molar-refractivity contribution in [3.05, 3.63) is 0 Å². The Labute approximate surface area is 36.3 Å². The van der Waals surface area contributed by atoms with Gasteiger partial charge in [-0.25, -0.2) is 5.84 Å². The van der Waals surface area contributed by atoms with Crippen LogP contribution in [0.1, 0.15) is 12.8 Å². The predicted octanol–water partition coefficient (Wildman–Crippen LogP) is -0.286. The molecule has 3 heteroatoms. The summed E-state index contributed by atoms with van der Waals surface area (Å²) in [5.74, 6) is 4.89. The average molecular weight is 88.1 g/mol. The Morgan fingerprint density at radius 3 is 2.17 bits per heavy atom. The highest BCUT2D eigenvalue weighted by molar-refractivity contribution is 4.76. The van der Waals surface area contributed by atoms with Crippen LogP contribution >= 0.6 is 0 Å². The monoisotopic (exact) mass is 88.1 g/mol. The second kappa shape index (κ2) is 1.18. The summed E-state index contributed by atoms with van der Waals surface area (Å²) in [6, 6.07) is 0.269. The van der Waals surface area contributed by atoms with E-state index in [-0.39, 0.29) is 6.04 Å². The van der Waals surface area contributed by atoms with Gasteiger partial charge in [0.2, 0.25) is 0 Å². The first-order valence-corrected chi connectivity index (χ1v) is 2.03. The highest BCUT2D eigenvalue weighted by atomic mass is 16.5. The summed E-state index contributed by atoms with van der Waals surface area (Å²) >= 11 is 0. The topological polar surface area (TPSA) is 49.5 Å². The molecule has 1 fully saturated rings. The van der Waals surface area contributed by atoms with Crippen LogP contribution in [0.3, 0.4) is 0 Å². The summed E-state index contributed by atoms with van der Waals surface area (Å²) in [4.78, 5) is 0. The molecule has 3 nitrogen and oxygen atoms in total. The molecule has 0 unspecified atom stereocenters. The van der Waals surface area contributed by atoms with Crippen LogP contribution in [0.4, 0.5) is 0 Å². The minimum Gasteiger partial charge on any atom is -0.299 e. The van der Waals surface area contributed by atoms with Gasteiger partial charge in [-0.1, -0.05) is 0 Å². The van der Waals surface area contributed by atoms with E-state index in [1.54, 1.807) is 0 Å². The quantitative estimate of drug-likeness (QED) is 0.342. The summed E-state index contributed by atoms with van der Waals surface area (Å²) < 4.78 is 0. The van der Waals surface area contributed by atoms with E-state index in [2.05, 4.69) is 0 Å². The van der Waals surface area contributed by atoms with E-state index in [0.29, 0.717) is 0 Å². The summed E-state index contributed by atoms with van der Waals surface area (Å²) in [5, 5.41) is 9.08. The molecule has 0 spiro atoms. The van der Waals surface area contributed by atoms with Gasteiger partial charge in [0.05, 0.1) is 6.04 Å². The van der Waals surface area contributed by atoms with Crippen molar-refractivity contribution in [2.45, 2.75) is 18.9 Å². The zero-order valence-electron chi connectivity index (χ0n) is 3.46. The summed E-state index contributed by atoms with van der Waals surface area (Å²) in [6.45, 7) is 0. The number of hydroxylamine groups is 1. The molecule has 0 saturated heterocycles. The number of nitrogens with zero attached hydrogens (tertiary/aromatic N) is 1. The molecule has 0 bridgehead atoms. The second-order valence-electron chi connectivity index (χ2n) is 1.61. The molecule has 0 aromatic rings. The molecule has 1 aliphatic rings. The fraction of sp³-hybridized carbons (Fsp3) is 1.00. The molecule has 0 atom stereocenters. The molecule has 36 valence electrons. The number of hydrazine groups is 1. The standard InChI is InChI=1S/C3H8N2O/c4-5(6)3-1-2-3/h3,6H,1-2,4H2. The molecule has 0 aromatic carbocycles. The number of nitrogens with two attached hydrogens (primary N) is 1. The van der Waals surface area contributed by atoms with Gasteiger partial charge in [0.25, 0.3) is 0 Å². The Morgan fingerprint density at radius 2 is 2.17 bits per heavy atom. The van der Waals surface area contributed by atoms with Crippen molar-refractivity contribution in [1.82, 2.24) is 5.17 Å². The van der Waals surface area contributed by atoms with Crippen molar-refractivity contribution < 1.29 is 5.21 Å². The average Bonchev–Trinajstić information content (AvgIpc) is 2.06. The molecule has 0 aromatic heterocycles. The van der Waals surface area contributed by atoms with Crippen LogP contribution in [0.2, 0.25) is 0 Å². The Hall–Kier alpha value is -0.120. The lowest BCUT2D eigenvalue weighted by atomic mass is 10.8. The smallest absolute Gasteiger partial charge is 0.0509 e. The van der Waals surface area contributed by atoms with Gasteiger partial charge in [-0.3, -0.25) is 5.21 Å². The van der Waals surface area contributed by atoms with Crippen molar-refractivity contribution in [3.8, 4) is 0 Å².